The highest BCUT2D eigenvalue weighted by molar-refractivity contribution is 7.10. The Hall–Kier alpha value is -0.830. The number of thiophene rings is 1. The maximum Gasteiger partial charge on any atom is 0.0409 e. The number of rotatable bonds is 4. The van der Waals surface area contributed by atoms with Gasteiger partial charge in [-0.15, -0.1) is 11.3 Å². The van der Waals surface area contributed by atoms with Crippen LogP contribution in [0.2, 0.25) is 5.02 Å². The van der Waals surface area contributed by atoms with Crippen molar-refractivity contribution < 1.29 is 0 Å². The van der Waals surface area contributed by atoms with E-state index in [0.29, 0.717) is 6.04 Å². The molecule has 1 atom stereocenters. The molecule has 1 nitrogen and oxygen atoms in total. The highest BCUT2D eigenvalue weighted by atomic mass is 35.5. The lowest BCUT2D eigenvalue weighted by atomic mass is 10.1. The molecule has 0 unspecified atom stereocenters. The number of hydrogen-bond acceptors (Lipinski definition) is 2. The quantitative estimate of drug-likeness (QED) is 0.855. The molecule has 0 saturated carbocycles. The zero-order valence-electron chi connectivity index (χ0n) is 10.0. The third-order valence-corrected chi connectivity index (χ3v) is 4.14. The van der Waals surface area contributed by atoms with Crippen LogP contribution in [0.3, 0.4) is 0 Å². The van der Waals surface area contributed by atoms with Gasteiger partial charge >= 0.3 is 0 Å². The molecule has 2 rings (SSSR count). The minimum absolute atomic E-state index is 0.315. The van der Waals surface area contributed by atoms with Crippen LogP contribution in [-0.4, -0.2) is 0 Å². The number of nitrogens with one attached hydrogen (secondary N) is 1. The molecule has 0 aliphatic carbocycles. The number of halogens is 1. The molecular weight excluding hydrogens is 250 g/mol. The van der Waals surface area contributed by atoms with Crippen LogP contribution in [0.25, 0.3) is 0 Å². The number of hydrogen-bond donors (Lipinski definition) is 1. The number of aryl methyl sites for hydroxylation is 1. The minimum atomic E-state index is 0.315. The average Bonchev–Trinajstić information content (AvgIpc) is 2.72. The van der Waals surface area contributed by atoms with Crippen molar-refractivity contribution in [2.75, 3.05) is 0 Å². The smallest absolute Gasteiger partial charge is 0.0409 e. The van der Waals surface area contributed by atoms with E-state index in [0.717, 1.165) is 11.6 Å². The SMILES string of the molecule is Cc1ccsc1CN[C@H](C)c1cccc(Cl)c1. The van der Waals surface area contributed by atoms with Gasteiger partial charge in [0.1, 0.15) is 0 Å². The molecule has 2 aromatic rings. The van der Waals surface area contributed by atoms with Crippen molar-refractivity contribution >= 4 is 22.9 Å². The van der Waals surface area contributed by atoms with Crippen LogP contribution in [0.1, 0.15) is 29.0 Å². The van der Waals surface area contributed by atoms with Gasteiger partial charge in [0.15, 0.2) is 0 Å². The Kier molecular flexibility index (Phi) is 4.21. The zero-order chi connectivity index (χ0) is 12.3. The van der Waals surface area contributed by atoms with E-state index in [2.05, 4.69) is 36.7 Å². The Morgan fingerprint density at radius 3 is 2.82 bits per heavy atom. The van der Waals surface area contributed by atoms with Crippen molar-refractivity contribution in [3.63, 3.8) is 0 Å². The zero-order valence-corrected chi connectivity index (χ0v) is 11.6. The summed E-state index contributed by atoms with van der Waals surface area (Å²) in [6, 6.07) is 10.5. The van der Waals surface area contributed by atoms with E-state index >= 15 is 0 Å². The summed E-state index contributed by atoms with van der Waals surface area (Å²) in [6.07, 6.45) is 0. The Morgan fingerprint density at radius 2 is 2.18 bits per heavy atom. The minimum Gasteiger partial charge on any atom is -0.305 e. The molecule has 0 amide bonds. The Balaban J connectivity index is 1.98. The molecule has 0 fully saturated rings. The molecule has 1 N–H and O–H groups in total. The predicted molar refractivity (Wildman–Crippen MR) is 75.8 cm³/mol. The van der Waals surface area contributed by atoms with Gasteiger partial charge in [0, 0.05) is 22.5 Å². The van der Waals surface area contributed by atoms with Crippen LogP contribution in [-0.2, 0) is 6.54 Å². The van der Waals surface area contributed by atoms with Gasteiger partial charge in [0.05, 0.1) is 0 Å². The van der Waals surface area contributed by atoms with E-state index < -0.39 is 0 Å². The van der Waals surface area contributed by atoms with Crippen molar-refractivity contribution in [1.29, 1.82) is 0 Å². The standard InChI is InChI=1S/C14H16ClNS/c1-10-6-7-17-14(10)9-16-11(2)12-4-3-5-13(15)8-12/h3-8,11,16H,9H2,1-2H3/t11-/m1/s1. The first-order chi connectivity index (χ1) is 8.16. The van der Waals surface area contributed by atoms with Gasteiger partial charge in [-0.05, 0) is 48.6 Å². The molecule has 1 aromatic carbocycles. The third kappa shape index (κ3) is 3.32. The van der Waals surface area contributed by atoms with Crippen molar-refractivity contribution in [3.8, 4) is 0 Å². The highest BCUT2D eigenvalue weighted by Gasteiger charge is 2.06. The molecule has 1 aromatic heterocycles. The van der Waals surface area contributed by atoms with Gasteiger partial charge in [-0.3, -0.25) is 0 Å². The van der Waals surface area contributed by atoms with E-state index in [4.69, 9.17) is 11.6 Å². The van der Waals surface area contributed by atoms with E-state index in [1.165, 1.54) is 16.0 Å². The van der Waals surface area contributed by atoms with E-state index in [9.17, 15) is 0 Å². The second-order valence-corrected chi connectivity index (χ2v) is 5.62. The lowest BCUT2D eigenvalue weighted by Crippen LogP contribution is -2.17. The van der Waals surface area contributed by atoms with Crippen LogP contribution in [0, 0.1) is 6.92 Å². The van der Waals surface area contributed by atoms with Crippen molar-refractivity contribution in [2.45, 2.75) is 26.4 Å². The summed E-state index contributed by atoms with van der Waals surface area (Å²) in [7, 11) is 0. The fourth-order valence-corrected chi connectivity index (χ4v) is 2.78. The van der Waals surface area contributed by atoms with Crippen LogP contribution >= 0.6 is 22.9 Å². The van der Waals surface area contributed by atoms with Gasteiger partial charge in [0.25, 0.3) is 0 Å². The summed E-state index contributed by atoms with van der Waals surface area (Å²) in [4.78, 5) is 1.40. The first-order valence-corrected chi connectivity index (χ1v) is 6.94. The Bertz CT molecular complexity index is 492. The maximum absolute atomic E-state index is 5.99. The molecule has 17 heavy (non-hydrogen) atoms. The lowest BCUT2D eigenvalue weighted by molar-refractivity contribution is 0.578. The summed E-state index contributed by atoms with van der Waals surface area (Å²) >= 11 is 7.79. The first kappa shape index (κ1) is 12.6. The van der Waals surface area contributed by atoms with Gasteiger partial charge in [-0.25, -0.2) is 0 Å². The third-order valence-electron chi connectivity index (χ3n) is 2.89. The predicted octanol–water partition coefficient (Wildman–Crippen LogP) is 4.56. The molecule has 1 heterocycles. The second kappa shape index (κ2) is 5.67. The second-order valence-electron chi connectivity index (χ2n) is 4.18. The Labute approximate surface area is 111 Å². The fourth-order valence-electron chi connectivity index (χ4n) is 1.72. The van der Waals surface area contributed by atoms with Gasteiger partial charge in [0.2, 0.25) is 0 Å². The van der Waals surface area contributed by atoms with Crippen LogP contribution in [0.4, 0.5) is 0 Å². The molecule has 0 spiro atoms. The fraction of sp³-hybridized carbons (Fsp3) is 0.286. The maximum atomic E-state index is 5.99. The van der Waals surface area contributed by atoms with Gasteiger partial charge in [-0.1, -0.05) is 23.7 Å². The highest BCUT2D eigenvalue weighted by Crippen LogP contribution is 2.20. The van der Waals surface area contributed by atoms with E-state index in [1.54, 1.807) is 11.3 Å². The molecular formula is C14H16ClNS. The molecule has 3 heteroatoms. The van der Waals surface area contributed by atoms with Gasteiger partial charge < -0.3 is 5.32 Å². The molecule has 0 aliphatic heterocycles. The van der Waals surface area contributed by atoms with Gasteiger partial charge in [-0.2, -0.15) is 0 Å². The van der Waals surface area contributed by atoms with E-state index in [1.807, 2.05) is 18.2 Å². The summed E-state index contributed by atoms with van der Waals surface area (Å²) in [5.74, 6) is 0. The van der Waals surface area contributed by atoms with Crippen LogP contribution in [0.15, 0.2) is 35.7 Å². The molecule has 90 valence electrons. The lowest BCUT2D eigenvalue weighted by Gasteiger charge is -2.14. The first-order valence-electron chi connectivity index (χ1n) is 5.68. The summed E-state index contributed by atoms with van der Waals surface area (Å²) in [5, 5.41) is 6.45. The largest absolute Gasteiger partial charge is 0.305 e. The molecule has 0 aliphatic rings. The van der Waals surface area contributed by atoms with Crippen molar-refractivity contribution in [1.82, 2.24) is 5.32 Å². The van der Waals surface area contributed by atoms with E-state index in [-0.39, 0.29) is 0 Å². The molecule has 0 bridgehead atoms. The van der Waals surface area contributed by atoms with Crippen LogP contribution in [0.5, 0.6) is 0 Å². The van der Waals surface area contributed by atoms with Crippen molar-refractivity contribution in [2.24, 2.45) is 0 Å². The van der Waals surface area contributed by atoms with Crippen molar-refractivity contribution in [3.05, 3.63) is 56.7 Å². The number of benzene rings is 1. The summed E-state index contributed by atoms with van der Waals surface area (Å²) in [5.41, 5.74) is 2.59. The summed E-state index contributed by atoms with van der Waals surface area (Å²) in [6.45, 7) is 5.23. The Morgan fingerprint density at radius 1 is 1.35 bits per heavy atom. The normalized spacial score (nSPS) is 12.6. The average molecular weight is 266 g/mol. The molecule has 0 radical (unpaired) electrons. The topological polar surface area (TPSA) is 12.0 Å². The summed E-state index contributed by atoms with van der Waals surface area (Å²) < 4.78 is 0. The monoisotopic (exact) mass is 265 g/mol. The molecule has 0 saturated heterocycles. The van der Waals surface area contributed by atoms with Crippen LogP contribution < -0.4 is 5.32 Å².